The molecule has 0 amide bonds. The second-order valence-corrected chi connectivity index (χ2v) is 2.10. The molecule has 0 aliphatic carbocycles. The van der Waals surface area contributed by atoms with Gasteiger partial charge in [0.1, 0.15) is 0 Å². The van der Waals surface area contributed by atoms with Crippen LogP contribution < -0.4 is 5.73 Å². The van der Waals surface area contributed by atoms with Gasteiger partial charge in [0.15, 0.2) is 0 Å². The average molecular weight is 151 g/mol. The number of anilines is 1. The van der Waals surface area contributed by atoms with Gasteiger partial charge in [0, 0.05) is 5.69 Å². The van der Waals surface area contributed by atoms with E-state index in [1.807, 2.05) is 26.0 Å². The minimum absolute atomic E-state index is 0.840. The molecule has 0 fully saturated rings. The fourth-order valence-corrected chi connectivity index (χ4v) is 0.753. The van der Waals surface area contributed by atoms with Crippen LogP contribution in [0.4, 0.5) is 5.69 Å². The van der Waals surface area contributed by atoms with Crippen molar-refractivity contribution in [1.82, 2.24) is 0 Å². The molecule has 62 valence electrons. The molecule has 1 nitrogen and oxygen atoms in total. The first-order chi connectivity index (χ1) is 5.33. The molecule has 1 aromatic carbocycles. The van der Waals surface area contributed by atoms with Gasteiger partial charge in [0.2, 0.25) is 0 Å². The van der Waals surface area contributed by atoms with Crippen molar-refractivity contribution in [3.05, 3.63) is 29.8 Å². The summed E-state index contributed by atoms with van der Waals surface area (Å²) < 4.78 is 0. The molecule has 1 rings (SSSR count). The highest BCUT2D eigenvalue weighted by Crippen LogP contribution is 2.04. The third-order valence-electron chi connectivity index (χ3n) is 1.39. The van der Waals surface area contributed by atoms with E-state index in [2.05, 4.69) is 19.1 Å². The summed E-state index contributed by atoms with van der Waals surface area (Å²) in [6.45, 7) is 6.13. The molecule has 0 heterocycles. The first kappa shape index (κ1) is 10.0. The molecule has 0 radical (unpaired) electrons. The van der Waals surface area contributed by atoms with Gasteiger partial charge in [-0.3, -0.25) is 0 Å². The van der Waals surface area contributed by atoms with Gasteiger partial charge >= 0.3 is 0 Å². The topological polar surface area (TPSA) is 26.0 Å². The molecule has 0 bridgehead atoms. The fraction of sp³-hybridized carbons (Fsp3) is 0.400. The van der Waals surface area contributed by atoms with Gasteiger partial charge in [-0.15, -0.1) is 0 Å². The minimum Gasteiger partial charge on any atom is -0.399 e. The third kappa shape index (κ3) is 3.66. The number of nitrogen functional groups attached to an aromatic ring is 1. The van der Waals surface area contributed by atoms with Crippen molar-refractivity contribution in [2.24, 2.45) is 0 Å². The van der Waals surface area contributed by atoms with Crippen molar-refractivity contribution in [3.63, 3.8) is 0 Å². The molecule has 0 aliphatic rings. The zero-order valence-corrected chi connectivity index (χ0v) is 7.59. The zero-order valence-electron chi connectivity index (χ0n) is 7.59. The van der Waals surface area contributed by atoms with E-state index >= 15 is 0 Å². The number of rotatable bonds is 1. The Labute approximate surface area is 69.2 Å². The summed E-state index contributed by atoms with van der Waals surface area (Å²) >= 11 is 0. The fourth-order valence-electron chi connectivity index (χ4n) is 0.753. The maximum atomic E-state index is 5.48. The van der Waals surface area contributed by atoms with E-state index in [-0.39, 0.29) is 0 Å². The van der Waals surface area contributed by atoms with Crippen LogP contribution in [-0.4, -0.2) is 0 Å². The van der Waals surface area contributed by atoms with E-state index in [9.17, 15) is 0 Å². The van der Waals surface area contributed by atoms with Crippen LogP contribution >= 0.6 is 0 Å². The Morgan fingerprint density at radius 2 is 1.55 bits per heavy atom. The van der Waals surface area contributed by atoms with Gasteiger partial charge in [0.05, 0.1) is 0 Å². The van der Waals surface area contributed by atoms with Crippen molar-refractivity contribution in [2.75, 3.05) is 5.73 Å². The predicted octanol–water partition coefficient (Wildman–Crippen LogP) is 2.86. The Morgan fingerprint density at radius 1 is 1.09 bits per heavy atom. The Hall–Kier alpha value is -0.980. The van der Waals surface area contributed by atoms with Crippen molar-refractivity contribution < 1.29 is 0 Å². The summed E-state index contributed by atoms with van der Waals surface area (Å²) in [5, 5.41) is 0. The third-order valence-corrected chi connectivity index (χ3v) is 1.39. The minimum atomic E-state index is 0.840. The molecule has 1 heteroatoms. The van der Waals surface area contributed by atoms with Gasteiger partial charge in [-0.05, 0) is 24.1 Å². The van der Waals surface area contributed by atoms with E-state index in [1.165, 1.54) is 5.56 Å². The zero-order chi connectivity index (χ0) is 8.69. The van der Waals surface area contributed by atoms with E-state index in [0.717, 1.165) is 12.1 Å². The van der Waals surface area contributed by atoms with Crippen LogP contribution in [-0.2, 0) is 6.42 Å². The molecule has 0 saturated heterocycles. The molecule has 11 heavy (non-hydrogen) atoms. The lowest BCUT2D eigenvalue weighted by Crippen LogP contribution is -1.84. The Bertz CT molecular complexity index is 177. The monoisotopic (exact) mass is 151 g/mol. The SMILES string of the molecule is CC.CCc1ccc(N)cc1. The van der Waals surface area contributed by atoms with Crippen LogP contribution in [0, 0.1) is 0 Å². The quantitative estimate of drug-likeness (QED) is 0.614. The number of aryl methyl sites for hydroxylation is 1. The second kappa shape index (κ2) is 5.78. The van der Waals surface area contributed by atoms with Gasteiger partial charge in [-0.25, -0.2) is 0 Å². The summed E-state index contributed by atoms with van der Waals surface area (Å²) in [7, 11) is 0. The lowest BCUT2D eigenvalue weighted by molar-refractivity contribution is 1.14. The second-order valence-electron chi connectivity index (χ2n) is 2.10. The van der Waals surface area contributed by atoms with Gasteiger partial charge in [-0.2, -0.15) is 0 Å². The maximum Gasteiger partial charge on any atom is 0.0314 e. The van der Waals surface area contributed by atoms with Crippen LogP contribution in [0.3, 0.4) is 0 Å². The smallest absolute Gasteiger partial charge is 0.0314 e. The van der Waals surface area contributed by atoms with E-state index in [0.29, 0.717) is 0 Å². The summed E-state index contributed by atoms with van der Waals surface area (Å²) in [5.74, 6) is 0. The van der Waals surface area contributed by atoms with Crippen molar-refractivity contribution >= 4 is 5.69 Å². The van der Waals surface area contributed by atoms with Crippen molar-refractivity contribution in [2.45, 2.75) is 27.2 Å². The van der Waals surface area contributed by atoms with Gasteiger partial charge < -0.3 is 5.73 Å². The average Bonchev–Trinajstić information content (AvgIpc) is 2.10. The lowest BCUT2D eigenvalue weighted by atomic mass is 10.2. The molecular formula is C10H17N. The van der Waals surface area contributed by atoms with E-state index in [1.54, 1.807) is 0 Å². The van der Waals surface area contributed by atoms with Crippen molar-refractivity contribution in [3.8, 4) is 0 Å². The van der Waals surface area contributed by atoms with Crippen LogP contribution in [0.2, 0.25) is 0 Å². The van der Waals surface area contributed by atoms with Gasteiger partial charge in [0.25, 0.3) is 0 Å². The number of nitrogens with two attached hydrogens (primary N) is 1. The standard InChI is InChI=1S/C8H11N.C2H6/c1-2-7-3-5-8(9)6-4-7;1-2/h3-6H,2,9H2,1H3;1-2H3. The first-order valence-corrected chi connectivity index (χ1v) is 4.17. The van der Waals surface area contributed by atoms with Crippen LogP contribution in [0.5, 0.6) is 0 Å². The normalized spacial score (nSPS) is 8.27. The Balaban J connectivity index is 0.000000461. The molecule has 0 atom stereocenters. The molecule has 0 saturated carbocycles. The molecule has 0 aliphatic heterocycles. The van der Waals surface area contributed by atoms with Gasteiger partial charge in [-0.1, -0.05) is 32.9 Å². The molecule has 0 unspecified atom stereocenters. The predicted molar refractivity (Wildman–Crippen MR) is 51.6 cm³/mol. The van der Waals surface area contributed by atoms with Crippen LogP contribution in [0.15, 0.2) is 24.3 Å². The molecule has 1 aromatic rings. The van der Waals surface area contributed by atoms with Crippen molar-refractivity contribution in [1.29, 1.82) is 0 Å². The number of hydrogen-bond acceptors (Lipinski definition) is 1. The summed E-state index contributed by atoms with van der Waals surface area (Å²) in [5.41, 5.74) is 7.66. The number of benzene rings is 1. The lowest BCUT2D eigenvalue weighted by Gasteiger charge is -1.94. The molecule has 0 spiro atoms. The van der Waals surface area contributed by atoms with Crippen LogP contribution in [0.25, 0.3) is 0 Å². The molecule has 2 N–H and O–H groups in total. The largest absolute Gasteiger partial charge is 0.399 e. The van der Waals surface area contributed by atoms with Crippen LogP contribution in [0.1, 0.15) is 26.3 Å². The first-order valence-electron chi connectivity index (χ1n) is 4.17. The summed E-state index contributed by atoms with van der Waals surface area (Å²) in [6, 6.07) is 7.96. The highest BCUT2D eigenvalue weighted by molar-refractivity contribution is 5.39. The Morgan fingerprint density at radius 3 is 1.91 bits per heavy atom. The highest BCUT2D eigenvalue weighted by atomic mass is 14.5. The molecule has 0 aromatic heterocycles. The molecular weight excluding hydrogens is 134 g/mol. The Kier molecular flexibility index (Phi) is 5.26. The van der Waals surface area contributed by atoms with E-state index in [4.69, 9.17) is 5.73 Å². The summed E-state index contributed by atoms with van der Waals surface area (Å²) in [6.07, 6.45) is 1.08. The number of hydrogen-bond donors (Lipinski definition) is 1. The summed E-state index contributed by atoms with van der Waals surface area (Å²) in [4.78, 5) is 0. The maximum absolute atomic E-state index is 5.48. The van der Waals surface area contributed by atoms with E-state index < -0.39 is 0 Å². The highest BCUT2D eigenvalue weighted by Gasteiger charge is 1.85.